The minimum absolute atomic E-state index is 0.328. The molecular formula is C18H28BrN3O. The summed E-state index contributed by atoms with van der Waals surface area (Å²) in [5.41, 5.74) is 8.84. The smallest absolute Gasteiger partial charge is 0.0642 e. The monoisotopic (exact) mass is 381 g/mol. The number of rotatable bonds is 4. The highest BCUT2D eigenvalue weighted by molar-refractivity contribution is 9.10. The van der Waals surface area contributed by atoms with E-state index in [-0.39, 0.29) is 0 Å². The molecule has 0 saturated carbocycles. The van der Waals surface area contributed by atoms with Gasteiger partial charge in [-0.2, -0.15) is 0 Å². The van der Waals surface area contributed by atoms with Gasteiger partial charge < -0.3 is 15.4 Å². The van der Waals surface area contributed by atoms with E-state index in [1.807, 2.05) is 0 Å². The predicted octanol–water partition coefficient (Wildman–Crippen LogP) is 2.84. The summed E-state index contributed by atoms with van der Waals surface area (Å²) >= 11 is 3.63. The fraction of sp³-hybridized carbons (Fsp3) is 0.667. The molecule has 2 N–H and O–H groups in total. The number of benzene rings is 1. The number of nitrogens with two attached hydrogens (primary N) is 1. The fourth-order valence-corrected chi connectivity index (χ4v) is 4.00. The van der Waals surface area contributed by atoms with Crippen LogP contribution < -0.4 is 10.6 Å². The van der Waals surface area contributed by atoms with Crippen molar-refractivity contribution in [1.82, 2.24) is 4.90 Å². The number of piperidine rings is 1. The van der Waals surface area contributed by atoms with E-state index in [0.29, 0.717) is 12.0 Å². The lowest BCUT2D eigenvalue weighted by Gasteiger charge is -2.35. The zero-order valence-corrected chi connectivity index (χ0v) is 15.6. The zero-order chi connectivity index (χ0) is 16.2. The van der Waals surface area contributed by atoms with Crippen molar-refractivity contribution in [3.8, 4) is 0 Å². The van der Waals surface area contributed by atoms with Crippen LogP contribution in [0.2, 0.25) is 0 Å². The maximum absolute atomic E-state index is 6.06. The number of likely N-dealkylation sites (tertiary alicyclic amines) is 1. The van der Waals surface area contributed by atoms with Crippen LogP contribution >= 0.6 is 15.9 Å². The average molecular weight is 382 g/mol. The van der Waals surface area contributed by atoms with Gasteiger partial charge in [0.05, 0.1) is 13.2 Å². The normalized spacial score (nSPS) is 22.3. The number of ether oxygens (including phenoxy) is 1. The molecule has 2 aliphatic heterocycles. The highest BCUT2D eigenvalue weighted by atomic mass is 79.9. The Morgan fingerprint density at radius 3 is 2.57 bits per heavy atom. The molecule has 23 heavy (non-hydrogen) atoms. The average Bonchev–Trinajstić information content (AvgIpc) is 2.58. The van der Waals surface area contributed by atoms with Crippen LogP contribution in [0.15, 0.2) is 22.7 Å². The van der Waals surface area contributed by atoms with Crippen LogP contribution in [0.25, 0.3) is 0 Å². The Kier molecular flexibility index (Phi) is 5.96. The van der Waals surface area contributed by atoms with Crippen LogP contribution in [-0.2, 0) is 11.3 Å². The molecule has 1 atom stereocenters. The first-order valence-electron chi connectivity index (χ1n) is 8.72. The third-order valence-electron chi connectivity index (χ3n) is 5.17. The van der Waals surface area contributed by atoms with Crippen molar-refractivity contribution >= 4 is 21.6 Å². The molecule has 1 aromatic carbocycles. The molecule has 3 rings (SSSR count). The summed E-state index contributed by atoms with van der Waals surface area (Å²) in [5, 5.41) is 0. The zero-order valence-electron chi connectivity index (χ0n) is 14.0. The molecular weight excluding hydrogens is 354 g/mol. The van der Waals surface area contributed by atoms with Gasteiger partial charge in [0.2, 0.25) is 0 Å². The molecule has 1 unspecified atom stereocenters. The minimum Gasteiger partial charge on any atom is -0.378 e. The van der Waals surface area contributed by atoms with Gasteiger partial charge in [0.15, 0.2) is 0 Å². The van der Waals surface area contributed by atoms with Crippen molar-refractivity contribution < 1.29 is 4.74 Å². The van der Waals surface area contributed by atoms with Crippen molar-refractivity contribution in [2.24, 2.45) is 11.7 Å². The van der Waals surface area contributed by atoms with Crippen LogP contribution in [0.1, 0.15) is 25.3 Å². The van der Waals surface area contributed by atoms with Crippen molar-refractivity contribution in [1.29, 1.82) is 0 Å². The lowest BCUT2D eigenvalue weighted by Crippen LogP contribution is -2.40. The van der Waals surface area contributed by atoms with E-state index in [0.717, 1.165) is 50.4 Å². The van der Waals surface area contributed by atoms with Gasteiger partial charge in [-0.15, -0.1) is 0 Å². The Balaban J connectivity index is 1.68. The van der Waals surface area contributed by atoms with Crippen molar-refractivity contribution in [3.05, 3.63) is 28.2 Å². The fourth-order valence-electron chi connectivity index (χ4n) is 3.65. The second kappa shape index (κ2) is 7.97. The molecule has 0 aliphatic carbocycles. The first kappa shape index (κ1) is 17.2. The van der Waals surface area contributed by atoms with E-state index < -0.39 is 0 Å². The summed E-state index contributed by atoms with van der Waals surface area (Å²) in [7, 11) is 0. The van der Waals surface area contributed by atoms with Gasteiger partial charge in [0.1, 0.15) is 0 Å². The van der Waals surface area contributed by atoms with Crippen LogP contribution in [-0.4, -0.2) is 50.3 Å². The molecule has 2 heterocycles. The lowest BCUT2D eigenvalue weighted by molar-refractivity contribution is 0.122. The lowest BCUT2D eigenvalue weighted by atomic mass is 9.91. The molecule has 128 valence electrons. The number of nitrogens with zero attached hydrogens (tertiary/aromatic N) is 2. The van der Waals surface area contributed by atoms with E-state index >= 15 is 0 Å². The summed E-state index contributed by atoms with van der Waals surface area (Å²) in [5.74, 6) is 0.690. The molecule has 0 aromatic heterocycles. The Morgan fingerprint density at radius 1 is 1.22 bits per heavy atom. The van der Waals surface area contributed by atoms with E-state index in [4.69, 9.17) is 10.5 Å². The van der Waals surface area contributed by atoms with Gasteiger partial charge in [0, 0.05) is 35.8 Å². The second-order valence-electron chi connectivity index (χ2n) is 6.85. The number of anilines is 1. The van der Waals surface area contributed by atoms with Crippen LogP contribution in [0, 0.1) is 5.92 Å². The van der Waals surface area contributed by atoms with Crippen molar-refractivity contribution in [3.63, 3.8) is 0 Å². The minimum atomic E-state index is 0.328. The van der Waals surface area contributed by atoms with Gasteiger partial charge in [-0.3, -0.25) is 4.90 Å². The van der Waals surface area contributed by atoms with Gasteiger partial charge in [-0.1, -0.05) is 22.0 Å². The first-order valence-corrected chi connectivity index (χ1v) is 9.52. The highest BCUT2D eigenvalue weighted by Gasteiger charge is 2.23. The van der Waals surface area contributed by atoms with Crippen molar-refractivity contribution in [2.45, 2.75) is 32.4 Å². The largest absolute Gasteiger partial charge is 0.378 e. The van der Waals surface area contributed by atoms with E-state index in [9.17, 15) is 0 Å². The second-order valence-corrected chi connectivity index (χ2v) is 7.76. The molecule has 0 bridgehead atoms. The Morgan fingerprint density at radius 2 is 1.91 bits per heavy atom. The molecule has 5 heteroatoms. The number of morpholine rings is 1. The summed E-state index contributed by atoms with van der Waals surface area (Å²) in [6.07, 6.45) is 2.45. The predicted molar refractivity (Wildman–Crippen MR) is 98.8 cm³/mol. The molecule has 0 amide bonds. The maximum Gasteiger partial charge on any atom is 0.0642 e. The first-order chi connectivity index (χ1) is 11.1. The maximum atomic E-state index is 6.06. The molecule has 0 spiro atoms. The van der Waals surface area contributed by atoms with Gasteiger partial charge >= 0.3 is 0 Å². The molecule has 2 saturated heterocycles. The third kappa shape index (κ3) is 4.47. The summed E-state index contributed by atoms with van der Waals surface area (Å²) in [6, 6.07) is 7.02. The Hall–Kier alpha value is -0.620. The van der Waals surface area contributed by atoms with Gasteiger partial charge in [-0.25, -0.2) is 0 Å². The topological polar surface area (TPSA) is 41.7 Å². The molecule has 0 radical (unpaired) electrons. The molecule has 1 aromatic rings. The quantitative estimate of drug-likeness (QED) is 0.870. The van der Waals surface area contributed by atoms with Gasteiger partial charge in [-0.05, 0) is 56.5 Å². The molecule has 2 fully saturated rings. The standard InChI is InChI=1S/C18H28BrN3O/c1-14(20)15-4-6-21(7-5-15)13-16-2-3-17(19)12-18(16)22-8-10-23-11-9-22/h2-3,12,14-15H,4-11,13,20H2,1H3. The highest BCUT2D eigenvalue weighted by Crippen LogP contribution is 2.29. The molecule has 2 aliphatic rings. The Labute approximate surface area is 148 Å². The SMILES string of the molecule is CC(N)C1CCN(Cc2ccc(Br)cc2N2CCOCC2)CC1. The van der Waals surface area contributed by atoms with Crippen LogP contribution in [0.5, 0.6) is 0 Å². The van der Waals surface area contributed by atoms with Crippen molar-refractivity contribution in [2.75, 3.05) is 44.3 Å². The van der Waals surface area contributed by atoms with Crippen LogP contribution in [0.3, 0.4) is 0 Å². The number of hydrogen-bond donors (Lipinski definition) is 1. The van der Waals surface area contributed by atoms with Gasteiger partial charge in [0.25, 0.3) is 0 Å². The molecule has 4 nitrogen and oxygen atoms in total. The number of halogens is 1. The Bertz CT molecular complexity index is 509. The summed E-state index contributed by atoms with van der Waals surface area (Å²) in [6.45, 7) is 9.11. The summed E-state index contributed by atoms with van der Waals surface area (Å²) < 4.78 is 6.65. The summed E-state index contributed by atoms with van der Waals surface area (Å²) in [4.78, 5) is 5.03. The number of hydrogen-bond acceptors (Lipinski definition) is 4. The van der Waals surface area contributed by atoms with E-state index in [1.54, 1.807) is 0 Å². The van der Waals surface area contributed by atoms with E-state index in [2.05, 4.69) is 50.9 Å². The third-order valence-corrected chi connectivity index (χ3v) is 5.66. The van der Waals surface area contributed by atoms with Crippen LogP contribution in [0.4, 0.5) is 5.69 Å². The van der Waals surface area contributed by atoms with E-state index in [1.165, 1.54) is 24.1 Å².